The van der Waals surface area contributed by atoms with Crippen LogP contribution in [0.2, 0.25) is 0 Å². The van der Waals surface area contributed by atoms with Crippen molar-refractivity contribution in [2.24, 2.45) is 5.92 Å². The van der Waals surface area contributed by atoms with Crippen molar-refractivity contribution >= 4 is 17.3 Å². The van der Waals surface area contributed by atoms with Crippen molar-refractivity contribution in [1.82, 2.24) is 0 Å². The van der Waals surface area contributed by atoms with Crippen LogP contribution in [-0.2, 0) is 4.79 Å². The number of nitro groups is 1. The summed E-state index contributed by atoms with van der Waals surface area (Å²) in [5.74, 6) is -1.53. The predicted octanol–water partition coefficient (Wildman–Crippen LogP) is 2.43. The summed E-state index contributed by atoms with van der Waals surface area (Å²) in [5.41, 5.74) is 0.146. The summed E-state index contributed by atoms with van der Waals surface area (Å²) >= 11 is 0. The zero-order valence-corrected chi connectivity index (χ0v) is 10.8. The predicted molar refractivity (Wildman–Crippen MR) is 70.2 cm³/mol. The Bertz CT molecular complexity index is 535. The Morgan fingerprint density at radius 3 is 2.90 bits per heavy atom. The molecule has 0 radical (unpaired) electrons. The van der Waals surface area contributed by atoms with Crippen molar-refractivity contribution in [2.75, 3.05) is 18.0 Å². The van der Waals surface area contributed by atoms with Gasteiger partial charge in [-0.05, 0) is 24.8 Å². The van der Waals surface area contributed by atoms with Gasteiger partial charge in [0.1, 0.15) is 5.82 Å². The molecule has 0 saturated carbocycles. The van der Waals surface area contributed by atoms with E-state index in [-0.39, 0.29) is 18.0 Å². The Labute approximate surface area is 115 Å². The molecule has 0 spiro atoms. The van der Waals surface area contributed by atoms with Gasteiger partial charge in [0.15, 0.2) is 0 Å². The first kappa shape index (κ1) is 14.2. The monoisotopic (exact) mass is 282 g/mol. The molecule has 1 saturated heterocycles. The topological polar surface area (TPSA) is 83.7 Å². The summed E-state index contributed by atoms with van der Waals surface area (Å²) in [7, 11) is 0. The minimum Gasteiger partial charge on any atom is -0.481 e. The summed E-state index contributed by atoms with van der Waals surface area (Å²) in [4.78, 5) is 22.7. The van der Waals surface area contributed by atoms with Crippen molar-refractivity contribution in [1.29, 1.82) is 0 Å². The van der Waals surface area contributed by atoms with E-state index in [9.17, 15) is 19.3 Å². The van der Waals surface area contributed by atoms with Gasteiger partial charge in [-0.25, -0.2) is 4.39 Å². The number of halogens is 1. The normalized spacial score (nSPS) is 18.9. The van der Waals surface area contributed by atoms with Crippen LogP contribution in [0.4, 0.5) is 15.8 Å². The highest BCUT2D eigenvalue weighted by Crippen LogP contribution is 2.28. The van der Waals surface area contributed by atoms with Gasteiger partial charge in [0.05, 0.1) is 11.0 Å². The number of nitro benzene ring substituents is 1. The largest absolute Gasteiger partial charge is 0.481 e. The van der Waals surface area contributed by atoms with Crippen molar-refractivity contribution in [2.45, 2.75) is 19.3 Å². The van der Waals surface area contributed by atoms with Gasteiger partial charge in [0.25, 0.3) is 5.69 Å². The summed E-state index contributed by atoms with van der Waals surface area (Å²) in [6.45, 7) is 1.13. The van der Waals surface area contributed by atoms with Crippen molar-refractivity contribution in [3.63, 3.8) is 0 Å². The maximum absolute atomic E-state index is 13.4. The second-order valence-corrected chi connectivity index (χ2v) is 4.98. The molecule has 1 unspecified atom stereocenters. The number of anilines is 1. The van der Waals surface area contributed by atoms with Crippen molar-refractivity contribution in [3.05, 3.63) is 34.1 Å². The first-order valence-corrected chi connectivity index (χ1v) is 6.37. The van der Waals surface area contributed by atoms with Crippen LogP contribution in [0.15, 0.2) is 18.2 Å². The molecule has 0 aliphatic carbocycles. The van der Waals surface area contributed by atoms with E-state index in [0.717, 1.165) is 18.9 Å². The smallest absolute Gasteiger partial charge is 0.303 e. The maximum atomic E-state index is 13.4. The average Bonchev–Trinajstić information content (AvgIpc) is 2.37. The molecule has 20 heavy (non-hydrogen) atoms. The molecule has 1 aromatic carbocycles. The van der Waals surface area contributed by atoms with E-state index < -0.39 is 16.7 Å². The van der Waals surface area contributed by atoms with E-state index in [0.29, 0.717) is 18.8 Å². The molecule has 0 aromatic heterocycles. The zero-order chi connectivity index (χ0) is 14.7. The van der Waals surface area contributed by atoms with Crippen LogP contribution in [0.3, 0.4) is 0 Å². The third kappa shape index (κ3) is 3.43. The van der Waals surface area contributed by atoms with E-state index in [2.05, 4.69) is 0 Å². The van der Waals surface area contributed by atoms with Gasteiger partial charge in [-0.1, -0.05) is 0 Å². The Morgan fingerprint density at radius 1 is 1.50 bits per heavy atom. The lowest BCUT2D eigenvalue weighted by Gasteiger charge is -2.33. The highest BCUT2D eigenvalue weighted by atomic mass is 19.1. The molecule has 1 heterocycles. The lowest BCUT2D eigenvalue weighted by atomic mass is 9.94. The number of rotatable bonds is 4. The molecule has 6 nitrogen and oxygen atoms in total. The fourth-order valence-electron chi connectivity index (χ4n) is 2.56. The number of hydrogen-bond acceptors (Lipinski definition) is 4. The lowest BCUT2D eigenvalue weighted by molar-refractivity contribution is -0.385. The molecule has 108 valence electrons. The van der Waals surface area contributed by atoms with Crippen LogP contribution >= 0.6 is 0 Å². The molecule has 1 aromatic rings. The molecule has 1 N–H and O–H groups in total. The van der Waals surface area contributed by atoms with Crippen LogP contribution in [0.25, 0.3) is 0 Å². The average molecular weight is 282 g/mol. The van der Waals surface area contributed by atoms with Gasteiger partial charge in [-0.15, -0.1) is 0 Å². The number of aliphatic carboxylic acids is 1. The van der Waals surface area contributed by atoms with Gasteiger partial charge < -0.3 is 10.0 Å². The van der Waals surface area contributed by atoms with E-state index in [1.165, 1.54) is 12.1 Å². The SMILES string of the molecule is O=C(O)CC1CCCN(c2cc(F)cc([N+](=O)[O-])c2)C1. The number of benzene rings is 1. The van der Waals surface area contributed by atoms with Crippen LogP contribution in [-0.4, -0.2) is 29.1 Å². The van der Waals surface area contributed by atoms with Crippen LogP contribution in [0.1, 0.15) is 19.3 Å². The molecular weight excluding hydrogens is 267 g/mol. The highest BCUT2D eigenvalue weighted by molar-refractivity contribution is 5.67. The number of hydrogen-bond donors (Lipinski definition) is 1. The Morgan fingerprint density at radius 2 is 2.25 bits per heavy atom. The first-order valence-electron chi connectivity index (χ1n) is 6.37. The van der Waals surface area contributed by atoms with Crippen LogP contribution in [0.5, 0.6) is 0 Å². The summed E-state index contributed by atoms with van der Waals surface area (Å²) < 4.78 is 13.4. The molecular formula is C13H15FN2O4. The molecule has 7 heteroatoms. The molecule has 0 bridgehead atoms. The van der Waals surface area contributed by atoms with Gasteiger partial charge in [0.2, 0.25) is 0 Å². The highest BCUT2D eigenvalue weighted by Gasteiger charge is 2.23. The number of piperidine rings is 1. The van der Waals surface area contributed by atoms with Crippen molar-refractivity contribution < 1.29 is 19.2 Å². The van der Waals surface area contributed by atoms with Gasteiger partial charge in [-0.3, -0.25) is 14.9 Å². The number of carboxylic acids is 1. The Kier molecular flexibility index (Phi) is 4.16. The number of carbonyl (C=O) groups is 1. The number of nitrogens with zero attached hydrogens (tertiary/aromatic N) is 2. The lowest BCUT2D eigenvalue weighted by Crippen LogP contribution is -2.36. The maximum Gasteiger partial charge on any atom is 0.303 e. The third-order valence-electron chi connectivity index (χ3n) is 3.43. The summed E-state index contributed by atoms with van der Waals surface area (Å²) in [6, 6.07) is 3.45. The van der Waals surface area contributed by atoms with Gasteiger partial charge in [0, 0.05) is 31.3 Å². The molecule has 0 amide bonds. The molecule has 2 rings (SSSR count). The number of non-ortho nitro benzene ring substituents is 1. The second kappa shape index (κ2) is 5.85. The third-order valence-corrected chi connectivity index (χ3v) is 3.43. The summed E-state index contributed by atoms with van der Waals surface area (Å²) in [6.07, 6.45) is 1.66. The standard InChI is InChI=1S/C13H15FN2O4/c14-10-5-11(7-12(6-10)16(19)20)15-3-1-2-9(8-15)4-13(17)18/h5-7,9H,1-4,8H2,(H,17,18). The first-order chi connectivity index (χ1) is 9.45. The van der Waals surface area contributed by atoms with Crippen LogP contribution in [0, 0.1) is 21.8 Å². The number of carboxylic acid groups (broad SMARTS) is 1. The zero-order valence-electron chi connectivity index (χ0n) is 10.8. The molecule has 1 aliphatic heterocycles. The molecule has 1 atom stereocenters. The fraction of sp³-hybridized carbons (Fsp3) is 0.462. The van der Waals surface area contributed by atoms with E-state index in [1.54, 1.807) is 0 Å². The quantitative estimate of drug-likeness (QED) is 0.677. The molecule has 1 fully saturated rings. The van der Waals surface area contributed by atoms with Gasteiger partial charge in [-0.2, -0.15) is 0 Å². The Balaban J connectivity index is 2.18. The fourth-order valence-corrected chi connectivity index (χ4v) is 2.56. The van der Waals surface area contributed by atoms with E-state index in [4.69, 9.17) is 5.11 Å². The minimum atomic E-state index is -0.859. The van der Waals surface area contributed by atoms with Crippen molar-refractivity contribution in [3.8, 4) is 0 Å². The minimum absolute atomic E-state index is 0.0106. The summed E-state index contributed by atoms with van der Waals surface area (Å²) in [5, 5.41) is 19.6. The van der Waals surface area contributed by atoms with E-state index >= 15 is 0 Å². The van der Waals surface area contributed by atoms with Crippen LogP contribution < -0.4 is 4.90 Å². The Hall–Kier alpha value is -2.18. The molecule has 1 aliphatic rings. The second-order valence-electron chi connectivity index (χ2n) is 4.98. The van der Waals surface area contributed by atoms with E-state index in [1.807, 2.05) is 4.90 Å². The van der Waals surface area contributed by atoms with Gasteiger partial charge >= 0.3 is 5.97 Å².